The molecule has 0 bridgehead atoms. The monoisotopic (exact) mass is 242 g/mol. The molecule has 2 N–H and O–H groups in total. The summed E-state index contributed by atoms with van der Waals surface area (Å²) in [6.45, 7) is 1.92. The van der Waals surface area contributed by atoms with E-state index < -0.39 is 5.97 Å². The molecule has 0 saturated carbocycles. The summed E-state index contributed by atoms with van der Waals surface area (Å²) in [6.07, 6.45) is 4.18. The zero-order chi connectivity index (χ0) is 12.0. The number of H-pyrrole nitrogens is 1. The average Bonchev–Trinajstić information content (AvgIpc) is 2.28. The van der Waals surface area contributed by atoms with E-state index in [1.165, 1.54) is 24.7 Å². The van der Waals surface area contributed by atoms with Crippen LogP contribution in [-0.4, -0.2) is 17.6 Å². The Morgan fingerprint density at radius 1 is 1.69 bits per heavy atom. The minimum absolute atomic E-state index is 0.120. The molecular formula is C10H11ClN2O3. The van der Waals surface area contributed by atoms with Gasteiger partial charge in [-0.05, 0) is 6.92 Å². The fourth-order valence-corrected chi connectivity index (χ4v) is 1.04. The lowest BCUT2D eigenvalue weighted by molar-refractivity contribution is -0.137. The van der Waals surface area contributed by atoms with E-state index in [1.54, 1.807) is 6.92 Å². The summed E-state index contributed by atoms with van der Waals surface area (Å²) in [5.41, 5.74) is 0.0910. The molecule has 0 spiro atoms. The normalized spacial score (nSPS) is 11.0. The van der Waals surface area contributed by atoms with Crippen LogP contribution in [0.15, 0.2) is 34.5 Å². The molecule has 0 aromatic carbocycles. The van der Waals surface area contributed by atoms with E-state index in [2.05, 4.69) is 15.0 Å². The first-order chi connectivity index (χ1) is 7.65. The molecule has 6 heteroatoms. The van der Waals surface area contributed by atoms with Gasteiger partial charge in [-0.2, -0.15) is 0 Å². The number of anilines is 1. The summed E-state index contributed by atoms with van der Waals surface area (Å²) >= 11 is 5.62. The maximum Gasteiger partial charge on any atom is 0.351 e. The maximum atomic E-state index is 11.3. The minimum Gasteiger partial charge on any atom is -0.462 e. The molecule has 0 aliphatic rings. The van der Waals surface area contributed by atoms with Crippen molar-refractivity contribution in [3.63, 3.8) is 0 Å². The van der Waals surface area contributed by atoms with Crippen LogP contribution in [-0.2, 0) is 9.53 Å². The van der Waals surface area contributed by atoms with E-state index in [0.29, 0.717) is 5.69 Å². The van der Waals surface area contributed by atoms with Gasteiger partial charge in [-0.1, -0.05) is 11.6 Å². The van der Waals surface area contributed by atoms with Crippen LogP contribution in [0.5, 0.6) is 0 Å². The highest BCUT2D eigenvalue weighted by Gasteiger charge is 2.06. The standard InChI is InChI=1S/C10H11ClN2O3/c1-2-16-10(15)7(11)5-13-8-6-12-4-3-9(8)14/h3-6,13H,2H2,1H3,(H,12,14)/b7-5-. The van der Waals surface area contributed by atoms with Crippen LogP contribution in [0.4, 0.5) is 5.69 Å². The summed E-state index contributed by atoms with van der Waals surface area (Å²) in [7, 11) is 0. The molecule has 1 aromatic rings. The van der Waals surface area contributed by atoms with Crippen molar-refractivity contribution in [2.24, 2.45) is 0 Å². The maximum absolute atomic E-state index is 11.3. The molecule has 0 unspecified atom stereocenters. The highest BCUT2D eigenvalue weighted by Crippen LogP contribution is 2.05. The van der Waals surface area contributed by atoms with Gasteiger partial charge in [-0.25, -0.2) is 4.79 Å². The van der Waals surface area contributed by atoms with E-state index in [1.807, 2.05) is 0 Å². The number of esters is 1. The molecular weight excluding hydrogens is 232 g/mol. The van der Waals surface area contributed by atoms with Gasteiger partial charge in [0.25, 0.3) is 0 Å². The van der Waals surface area contributed by atoms with E-state index in [-0.39, 0.29) is 17.1 Å². The van der Waals surface area contributed by atoms with Gasteiger partial charge >= 0.3 is 5.97 Å². The Hall–Kier alpha value is -1.75. The fourth-order valence-electron chi connectivity index (χ4n) is 0.929. The Morgan fingerprint density at radius 2 is 2.44 bits per heavy atom. The average molecular weight is 243 g/mol. The molecule has 0 aliphatic heterocycles. The number of aromatic amines is 1. The number of hydrogen-bond donors (Lipinski definition) is 2. The number of halogens is 1. The zero-order valence-corrected chi connectivity index (χ0v) is 9.38. The van der Waals surface area contributed by atoms with Crippen molar-refractivity contribution in [3.05, 3.63) is 39.9 Å². The smallest absolute Gasteiger partial charge is 0.351 e. The largest absolute Gasteiger partial charge is 0.462 e. The van der Waals surface area contributed by atoms with Crippen LogP contribution in [0.25, 0.3) is 0 Å². The quantitative estimate of drug-likeness (QED) is 0.619. The van der Waals surface area contributed by atoms with Gasteiger partial charge in [0.1, 0.15) is 10.7 Å². The van der Waals surface area contributed by atoms with Gasteiger partial charge in [-0.15, -0.1) is 0 Å². The summed E-state index contributed by atoms with van der Waals surface area (Å²) in [5.74, 6) is -0.635. The second-order valence-electron chi connectivity index (χ2n) is 2.78. The highest BCUT2D eigenvalue weighted by molar-refractivity contribution is 6.41. The molecule has 0 fully saturated rings. The Bertz CT molecular complexity index is 453. The van der Waals surface area contributed by atoms with Crippen LogP contribution in [0.1, 0.15) is 6.92 Å². The topological polar surface area (TPSA) is 71.2 Å². The third-order valence-corrected chi connectivity index (χ3v) is 1.91. The van der Waals surface area contributed by atoms with Crippen molar-refractivity contribution < 1.29 is 9.53 Å². The number of carbonyl (C=O) groups excluding carboxylic acids is 1. The van der Waals surface area contributed by atoms with Crippen molar-refractivity contribution in [1.82, 2.24) is 4.98 Å². The Kier molecular flexibility index (Phi) is 4.60. The van der Waals surface area contributed by atoms with Crippen molar-refractivity contribution in [3.8, 4) is 0 Å². The van der Waals surface area contributed by atoms with Crippen LogP contribution in [0.3, 0.4) is 0 Å². The van der Waals surface area contributed by atoms with Crippen LogP contribution in [0.2, 0.25) is 0 Å². The summed E-state index contributed by atoms with van der Waals surface area (Å²) in [5, 5.41) is 2.49. The van der Waals surface area contributed by atoms with Gasteiger partial charge < -0.3 is 15.0 Å². The molecule has 1 rings (SSSR count). The Morgan fingerprint density at radius 3 is 3.06 bits per heavy atom. The van der Waals surface area contributed by atoms with Gasteiger partial charge in [0.2, 0.25) is 5.43 Å². The first kappa shape index (κ1) is 12.3. The fraction of sp³-hybridized carbons (Fsp3) is 0.200. The molecule has 0 amide bonds. The van der Waals surface area contributed by atoms with E-state index >= 15 is 0 Å². The molecule has 5 nitrogen and oxygen atoms in total. The predicted molar refractivity (Wildman–Crippen MR) is 61.3 cm³/mol. The summed E-state index contributed by atoms with van der Waals surface area (Å²) in [6, 6.07) is 1.36. The Balaban J connectivity index is 2.70. The van der Waals surface area contributed by atoms with Crippen molar-refractivity contribution in [2.45, 2.75) is 6.92 Å². The van der Waals surface area contributed by atoms with Crippen molar-refractivity contribution in [1.29, 1.82) is 0 Å². The molecule has 0 aliphatic carbocycles. The van der Waals surface area contributed by atoms with Gasteiger partial charge in [0.15, 0.2) is 0 Å². The first-order valence-electron chi connectivity index (χ1n) is 4.61. The lowest BCUT2D eigenvalue weighted by Crippen LogP contribution is -2.09. The number of pyridine rings is 1. The van der Waals surface area contributed by atoms with E-state index in [0.717, 1.165) is 0 Å². The van der Waals surface area contributed by atoms with Crippen LogP contribution < -0.4 is 10.7 Å². The van der Waals surface area contributed by atoms with Gasteiger partial charge in [-0.3, -0.25) is 4.79 Å². The number of aromatic nitrogens is 1. The van der Waals surface area contributed by atoms with Crippen LogP contribution >= 0.6 is 11.6 Å². The number of hydrogen-bond acceptors (Lipinski definition) is 4. The second kappa shape index (κ2) is 5.97. The summed E-state index contributed by atoms with van der Waals surface area (Å²) in [4.78, 5) is 25.1. The highest BCUT2D eigenvalue weighted by atomic mass is 35.5. The summed E-state index contributed by atoms with van der Waals surface area (Å²) < 4.78 is 4.66. The first-order valence-corrected chi connectivity index (χ1v) is 4.99. The number of rotatable bonds is 4. The molecule has 0 radical (unpaired) electrons. The molecule has 1 heterocycles. The van der Waals surface area contributed by atoms with Crippen molar-refractivity contribution in [2.75, 3.05) is 11.9 Å². The molecule has 1 aromatic heterocycles. The van der Waals surface area contributed by atoms with E-state index in [4.69, 9.17) is 11.6 Å². The molecule has 0 saturated heterocycles. The van der Waals surface area contributed by atoms with Crippen molar-refractivity contribution >= 4 is 23.3 Å². The van der Waals surface area contributed by atoms with Gasteiger partial charge in [0.05, 0.1) is 6.61 Å². The Labute approximate surface area is 97.1 Å². The third-order valence-electron chi connectivity index (χ3n) is 1.65. The lowest BCUT2D eigenvalue weighted by atomic mass is 10.4. The SMILES string of the molecule is CCOC(=O)/C(Cl)=C/Nc1c[nH]ccc1=O. The minimum atomic E-state index is -0.635. The molecule has 0 atom stereocenters. The number of ether oxygens (including phenoxy) is 1. The zero-order valence-electron chi connectivity index (χ0n) is 8.62. The van der Waals surface area contributed by atoms with E-state index in [9.17, 15) is 9.59 Å². The second-order valence-corrected chi connectivity index (χ2v) is 3.19. The lowest BCUT2D eigenvalue weighted by Gasteiger charge is -2.01. The number of carbonyl (C=O) groups is 1. The third kappa shape index (κ3) is 3.43. The predicted octanol–water partition coefficient (Wildman–Crippen LogP) is 1.43. The molecule has 86 valence electrons. The van der Waals surface area contributed by atoms with Crippen LogP contribution in [0, 0.1) is 0 Å². The van der Waals surface area contributed by atoms with Gasteiger partial charge in [0, 0.05) is 24.7 Å². The molecule has 16 heavy (non-hydrogen) atoms. The number of nitrogens with one attached hydrogen (secondary N) is 2.